The van der Waals surface area contributed by atoms with E-state index in [9.17, 15) is 4.79 Å². The lowest BCUT2D eigenvalue weighted by atomic mass is 9.91. The second kappa shape index (κ2) is 8.47. The van der Waals surface area contributed by atoms with Crippen LogP contribution in [0.4, 0.5) is 5.69 Å². The topological polar surface area (TPSA) is 47.6 Å². The van der Waals surface area contributed by atoms with Crippen molar-refractivity contribution >= 4 is 11.6 Å². The molecule has 0 radical (unpaired) electrons. The van der Waals surface area contributed by atoms with Crippen LogP contribution >= 0.6 is 0 Å². The summed E-state index contributed by atoms with van der Waals surface area (Å²) in [5.41, 5.74) is 3.39. The van der Waals surface area contributed by atoms with E-state index >= 15 is 0 Å². The van der Waals surface area contributed by atoms with E-state index in [0.717, 1.165) is 42.9 Å². The molecular formula is C23H27NO3. The molecule has 2 aromatic rings. The van der Waals surface area contributed by atoms with Crippen molar-refractivity contribution in [3.8, 4) is 11.5 Å². The average molecular weight is 365 g/mol. The summed E-state index contributed by atoms with van der Waals surface area (Å²) < 4.78 is 11.8. The number of nitrogens with one attached hydrogen (secondary N) is 1. The molecule has 4 heteroatoms. The Morgan fingerprint density at radius 2 is 1.74 bits per heavy atom. The molecule has 142 valence electrons. The lowest BCUT2D eigenvalue weighted by Gasteiger charge is -2.19. The third-order valence-electron chi connectivity index (χ3n) is 5.45. The highest BCUT2D eigenvalue weighted by Crippen LogP contribution is 2.29. The van der Waals surface area contributed by atoms with E-state index in [0.29, 0.717) is 6.10 Å². The lowest BCUT2D eigenvalue weighted by molar-refractivity contribution is -0.118. The maximum absolute atomic E-state index is 12.3. The zero-order chi connectivity index (χ0) is 18.5. The van der Waals surface area contributed by atoms with Crippen LogP contribution in [0.3, 0.4) is 0 Å². The van der Waals surface area contributed by atoms with Crippen molar-refractivity contribution in [2.75, 3.05) is 11.9 Å². The monoisotopic (exact) mass is 365 g/mol. The number of hydrogen-bond acceptors (Lipinski definition) is 3. The first-order valence-corrected chi connectivity index (χ1v) is 10.1. The minimum absolute atomic E-state index is 0.0246. The standard InChI is InChI=1S/C23H27NO3/c25-23(16-26-22-11-5-7-17-6-1-4-10-21(17)22)24-18-12-14-20(15-13-18)27-19-8-2-3-9-19/h5,7,11-15,19H,1-4,6,8-10,16H2,(H,24,25). The van der Waals surface area contributed by atoms with Gasteiger partial charge in [-0.1, -0.05) is 12.1 Å². The zero-order valence-electron chi connectivity index (χ0n) is 15.7. The van der Waals surface area contributed by atoms with Crippen molar-refractivity contribution in [2.45, 2.75) is 57.5 Å². The minimum Gasteiger partial charge on any atom is -0.490 e. The smallest absolute Gasteiger partial charge is 0.262 e. The molecule has 0 heterocycles. The van der Waals surface area contributed by atoms with Crippen molar-refractivity contribution in [3.05, 3.63) is 53.6 Å². The highest BCUT2D eigenvalue weighted by molar-refractivity contribution is 5.91. The molecule has 1 N–H and O–H groups in total. The van der Waals surface area contributed by atoms with Crippen LogP contribution < -0.4 is 14.8 Å². The summed E-state index contributed by atoms with van der Waals surface area (Å²) in [6.07, 6.45) is 9.69. The summed E-state index contributed by atoms with van der Waals surface area (Å²) in [4.78, 5) is 12.3. The summed E-state index contributed by atoms with van der Waals surface area (Å²) in [6.45, 7) is 0.0246. The van der Waals surface area contributed by atoms with Crippen molar-refractivity contribution in [3.63, 3.8) is 0 Å². The highest BCUT2D eigenvalue weighted by Gasteiger charge is 2.17. The van der Waals surface area contributed by atoms with Gasteiger partial charge in [0.15, 0.2) is 6.61 Å². The number of anilines is 1. The number of fused-ring (bicyclic) bond motifs is 1. The molecule has 0 bridgehead atoms. The van der Waals surface area contributed by atoms with Crippen LogP contribution in [-0.4, -0.2) is 18.6 Å². The van der Waals surface area contributed by atoms with E-state index in [1.165, 1.54) is 36.8 Å². The van der Waals surface area contributed by atoms with Gasteiger partial charge in [-0.05, 0) is 92.8 Å². The SMILES string of the molecule is O=C(COc1cccc2c1CCCC2)Nc1ccc(OC2CCCC2)cc1. The number of amides is 1. The van der Waals surface area contributed by atoms with Gasteiger partial charge < -0.3 is 14.8 Å². The molecule has 0 spiro atoms. The Bertz CT molecular complexity index is 779. The number of carbonyl (C=O) groups is 1. The van der Waals surface area contributed by atoms with E-state index < -0.39 is 0 Å². The molecule has 1 amide bonds. The fraction of sp³-hybridized carbons (Fsp3) is 0.435. The molecule has 0 atom stereocenters. The predicted octanol–water partition coefficient (Wildman–Crippen LogP) is 4.90. The van der Waals surface area contributed by atoms with Crippen molar-refractivity contribution in [1.82, 2.24) is 0 Å². The van der Waals surface area contributed by atoms with Gasteiger partial charge in [0.1, 0.15) is 11.5 Å². The van der Waals surface area contributed by atoms with Gasteiger partial charge in [0.05, 0.1) is 6.10 Å². The van der Waals surface area contributed by atoms with Crippen molar-refractivity contribution in [1.29, 1.82) is 0 Å². The minimum atomic E-state index is -0.145. The van der Waals surface area contributed by atoms with Gasteiger partial charge >= 0.3 is 0 Å². The summed E-state index contributed by atoms with van der Waals surface area (Å²) in [6, 6.07) is 13.7. The number of benzene rings is 2. The quantitative estimate of drug-likeness (QED) is 0.792. The van der Waals surface area contributed by atoms with Crippen LogP contribution in [0.1, 0.15) is 49.7 Å². The van der Waals surface area contributed by atoms with Crippen LogP contribution in [0.2, 0.25) is 0 Å². The largest absolute Gasteiger partial charge is 0.490 e. The van der Waals surface area contributed by atoms with Crippen LogP contribution in [0.15, 0.2) is 42.5 Å². The van der Waals surface area contributed by atoms with E-state index in [-0.39, 0.29) is 12.5 Å². The highest BCUT2D eigenvalue weighted by atomic mass is 16.5. The number of ether oxygens (including phenoxy) is 2. The third-order valence-corrected chi connectivity index (χ3v) is 5.45. The summed E-state index contributed by atoms with van der Waals surface area (Å²) in [5.74, 6) is 1.57. The maximum atomic E-state index is 12.3. The molecule has 2 aliphatic carbocycles. The molecule has 0 aromatic heterocycles. The molecule has 1 fully saturated rings. The zero-order valence-corrected chi connectivity index (χ0v) is 15.7. The lowest BCUT2D eigenvalue weighted by Crippen LogP contribution is -2.21. The second-order valence-corrected chi connectivity index (χ2v) is 7.49. The summed E-state index contributed by atoms with van der Waals surface area (Å²) in [5, 5.41) is 2.89. The van der Waals surface area contributed by atoms with E-state index in [4.69, 9.17) is 9.47 Å². The van der Waals surface area contributed by atoms with Gasteiger partial charge in [0.2, 0.25) is 0 Å². The molecule has 0 unspecified atom stereocenters. The van der Waals surface area contributed by atoms with E-state index in [1.807, 2.05) is 36.4 Å². The van der Waals surface area contributed by atoms with Crippen LogP contribution in [-0.2, 0) is 17.6 Å². The van der Waals surface area contributed by atoms with Gasteiger partial charge in [0, 0.05) is 5.69 Å². The first-order valence-electron chi connectivity index (χ1n) is 10.1. The average Bonchev–Trinajstić information content (AvgIpc) is 3.21. The number of carbonyl (C=O) groups excluding carboxylic acids is 1. The first-order chi connectivity index (χ1) is 13.3. The molecule has 27 heavy (non-hydrogen) atoms. The molecule has 2 aromatic carbocycles. The third kappa shape index (κ3) is 4.62. The molecular weight excluding hydrogens is 338 g/mol. The Morgan fingerprint density at radius 3 is 2.56 bits per heavy atom. The summed E-state index contributed by atoms with van der Waals surface area (Å²) in [7, 11) is 0. The normalized spacial score (nSPS) is 16.6. The molecule has 0 aliphatic heterocycles. The Morgan fingerprint density at radius 1 is 0.963 bits per heavy atom. The molecule has 1 saturated carbocycles. The molecule has 0 saturated heterocycles. The van der Waals surface area contributed by atoms with Crippen molar-refractivity contribution in [2.24, 2.45) is 0 Å². The van der Waals surface area contributed by atoms with E-state index in [2.05, 4.69) is 11.4 Å². The maximum Gasteiger partial charge on any atom is 0.262 e. The predicted molar refractivity (Wildman–Crippen MR) is 107 cm³/mol. The van der Waals surface area contributed by atoms with Gasteiger partial charge in [-0.3, -0.25) is 4.79 Å². The van der Waals surface area contributed by atoms with Gasteiger partial charge in [-0.2, -0.15) is 0 Å². The van der Waals surface area contributed by atoms with Gasteiger partial charge in [0.25, 0.3) is 5.91 Å². The summed E-state index contributed by atoms with van der Waals surface area (Å²) >= 11 is 0. The first kappa shape index (κ1) is 17.9. The molecule has 4 rings (SSSR count). The Kier molecular flexibility index (Phi) is 5.61. The van der Waals surface area contributed by atoms with Crippen LogP contribution in [0.25, 0.3) is 0 Å². The van der Waals surface area contributed by atoms with Gasteiger partial charge in [-0.25, -0.2) is 0 Å². The molecule has 4 nitrogen and oxygen atoms in total. The number of rotatable bonds is 6. The fourth-order valence-electron chi connectivity index (χ4n) is 4.04. The Hall–Kier alpha value is -2.49. The van der Waals surface area contributed by atoms with Gasteiger partial charge in [-0.15, -0.1) is 0 Å². The second-order valence-electron chi connectivity index (χ2n) is 7.49. The Balaban J connectivity index is 1.29. The van der Waals surface area contributed by atoms with Crippen LogP contribution in [0, 0.1) is 0 Å². The molecule has 2 aliphatic rings. The fourth-order valence-corrected chi connectivity index (χ4v) is 4.04. The van der Waals surface area contributed by atoms with Crippen LogP contribution in [0.5, 0.6) is 11.5 Å². The van der Waals surface area contributed by atoms with E-state index in [1.54, 1.807) is 0 Å². The van der Waals surface area contributed by atoms with Crippen molar-refractivity contribution < 1.29 is 14.3 Å². The number of hydrogen-bond donors (Lipinski definition) is 1. The number of aryl methyl sites for hydroxylation is 1. The Labute approximate surface area is 160 Å².